The zero-order chi connectivity index (χ0) is 23.5. The molecular weight excluding hydrogens is 435 g/mol. The van der Waals surface area contributed by atoms with Gasteiger partial charge in [0.15, 0.2) is 5.82 Å². The van der Waals surface area contributed by atoms with Crippen molar-refractivity contribution in [3.63, 3.8) is 0 Å². The third-order valence-electron chi connectivity index (χ3n) is 5.43. The summed E-state index contributed by atoms with van der Waals surface area (Å²) in [6.45, 7) is 5.83. The first-order valence-corrected chi connectivity index (χ1v) is 11.0. The van der Waals surface area contributed by atoms with E-state index in [1.54, 1.807) is 36.8 Å². The number of aromatic amines is 1. The van der Waals surface area contributed by atoms with E-state index in [2.05, 4.69) is 39.1 Å². The van der Waals surface area contributed by atoms with E-state index in [1.807, 2.05) is 12.1 Å². The molecule has 3 aromatic heterocycles. The van der Waals surface area contributed by atoms with Crippen molar-refractivity contribution in [1.29, 1.82) is 0 Å². The van der Waals surface area contributed by atoms with Crippen molar-refractivity contribution in [2.75, 3.05) is 18.5 Å². The van der Waals surface area contributed by atoms with Crippen LogP contribution in [-0.4, -0.2) is 38.1 Å². The Morgan fingerprint density at radius 1 is 1.00 bits per heavy atom. The SMILES string of the molecule is CC1(C)COC(c2nc(-c3ccc(F)cc3)c(-c3ccnc(NCc4ccncc4)n3)[nH]2)OC1. The van der Waals surface area contributed by atoms with Crippen LogP contribution in [0.2, 0.25) is 0 Å². The summed E-state index contributed by atoms with van der Waals surface area (Å²) in [5.41, 5.74) is 3.70. The Bertz CT molecular complexity index is 1250. The van der Waals surface area contributed by atoms with Crippen LogP contribution in [0.4, 0.5) is 10.3 Å². The highest BCUT2D eigenvalue weighted by Crippen LogP contribution is 2.35. The van der Waals surface area contributed by atoms with E-state index in [0.29, 0.717) is 48.6 Å². The molecule has 1 aliphatic rings. The molecule has 1 fully saturated rings. The van der Waals surface area contributed by atoms with E-state index in [1.165, 1.54) is 12.1 Å². The predicted octanol–water partition coefficient (Wildman–Crippen LogP) is 4.75. The lowest BCUT2D eigenvalue weighted by atomic mass is 9.96. The summed E-state index contributed by atoms with van der Waals surface area (Å²) in [5.74, 6) is 0.698. The Labute approximate surface area is 196 Å². The highest BCUT2D eigenvalue weighted by molar-refractivity contribution is 5.77. The lowest BCUT2D eigenvalue weighted by Crippen LogP contribution is -2.34. The summed E-state index contributed by atoms with van der Waals surface area (Å²) in [7, 11) is 0. The molecular formula is C25H25FN6O2. The average molecular weight is 461 g/mol. The Morgan fingerprint density at radius 2 is 1.74 bits per heavy atom. The number of pyridine rings is 1. The number of ether oxygens (including phenoxy) is 2. The van der Waals surface area contributed by atoms with E-state index in [9.17, 15) is 4.39 Å². The Hall–Kier alpha value is -3.69. The Morgan fingerprint density at radius 3 is 2.47 bits per heavy atom. The van der Waals surface area contributed by atoms with Crippen LogP contribution >= 0.6 is 0 Å². The summed E-state index contributed by atoms with van der Waals surface area (Å²) < 4.78 is 25.4. The first kappa shape index (κ1) is 22.1. The summed E-state index contributed by atoms with van der Waals surface area (Å²) in [4.78, 5) is 21.1. The van der Waals surface area contributed by atoms with Crippen LogP contribution < -0.4 is 5.32 Å². The third kappa shape index (κ3) is 4.95. The van der Waals surface area contributed by atoms with Crippen LogP contribution in [0.3, 0.4) is 0 Å². The number of anilines is 1. The molecule has 0 unspecified atom stereocenters. The number of hydrogen-bond acceptors (Lipinski definition) is 7. The van der Waals surface area contributed by atoms with Gasteiger partial charge in [0.2, 0.25) is 12.2 Å². The maximum atomic E-state index is 13.6. The van der Waals surface area contributed by atoms with Crippen molar-refractivity contribution in [3.8, 4) is 22.6 Å². The van der Waals surface area contributed by atoms with Gasteiger partial charge >= 0.3 is 0 Å². The van der Waals surface area contributed by atoms with Crippen LogP contribution in [0, 0.1) is 11.2 Å². The fourth-order valence-corrected chi connectivity index (χ4v) is 3.62. The molecule has 174 valence electrons. The van der Waals surface area contributed by atoms with E-state index in [-0.39, 0.29) is 11.2 Å². The first-order valence-electron chi connectivity index (χ1n) is 11.0. The van der Waals surface area contributed by atoms with Crippen molar-refractivity contribution >= 4 is 5.95 Å². The zero-order valence-electron chi connectivity index (χ0n) is 19.0. The number of nitrogens with one attached hydrogen (secondary N) is 2. The van der Waals surface area contributed by atoms with Gasteiger partial charge in [-0.25, -0.2) is 19.3 Å². The molecule has 4 aromatic rings. The molecule has 0 bridgehead atoms. The van der Waals surface area contributed by atoms with Crippen LogP contribution in [0.15, 0.2) is 61.1 Å². The van der Waals surface area contributed by atoms with Crippen molar-refractivity contribution in [2.45, 2.75) is 26.7 Å². The molecule has 0 saturated carbocycles. The number of halogens is 1. The first-order chi connectivity index (χ1) is 16.5. The number of imidazole rings is 1. The summed E-state index contributed by atoms with van der Waals surface area (Å²) in [6, 6.07) is 11.8. The Kier molecular flexibility index (Phi) is 6.04. The van der Waals surface area contributed by atoms with Crippen molar-refractivity contribution in [3.05, 3.63) is 78.3 Å². The van der Waals surface area contributed by atoms with E-state index in [0.717, 1.165) is 11.1 Å². The predicted molar refractivity (Wildman–Crippen MR) is 125 cm³/mol. The van der Waals surface area contributed by atoms with E-state index >= 15 is 0 Å². The fraction of sp³-hybridized carbons (Fsp3) is 0.280. The zero-order valence-corrected chi connectivity index (χ0v) is 19.0. The lowest BCUT2D eigenvalue weighted by molar-refractivity contribution is -0.229. The molecule has 34 heavy (non-hydrogen) atoms. The number of benzene rings is 1. The van der Waals surface area contributed by atoms with Crippen molar-refractivity contribution < 1.29 is 13.9 Å². The van der Waals surface area contributed by atoms with Gasteiger partial charge in [-0.1, -0.05) is 13.8 Å². The molecule has 2 N–H and O–H groups in total. The van der Waals surface area contributed by atoms with Crippen molar-refractivity contribution in [1.82, 2.24) is 24.9 Å². The van der Waals surface area contributed by atoms with Crippen LogP contribution in [0.5, 0.6) is 0 Å². The molecule has 8 nitrogen and oxygen atoms in total. The summed E-state index contributed by atoms with van der Waals surface area (Å²) in [6.07, 6.45) is 4.55. The van der Waals surface area contributed by atoms with E-state index < -0.39 is 6.29 Å². The molecule has 4 heterocycles. The van der Waals surface area contributed by atoms with Gasteiger partial charge in [0.05, 0.1) is 30.3 Å². The maximum absolute atomic E-state index is 13.6. The second kappa shape index (κ2) is 9.28. The highest BCUT2D eigenvalue weighted by atomic mass is 19.1. The van der Waals surface area contributed by atoms with Gasteiger partial charge in [0, 0.05) is 36.1 Å². The van der Waals surface area contributed by atoms with Gasteiger partial charge in [-0.2, -0.15) is 0 Å². The minimum Gasteiger partial charge on any atom is -0.350 e. The molecule has 9 heteroatoms. The molecule has 0 amide bonds. The lowest BCUT2D eigenvalue weighted by Gasteiger charge is -2.33. The molecule has 0 atom stereocenters. The van der Waals surface area contributed by atoms with Crippen LogP contribution in [-0.2, 0) is 16.0 Å². The second-order valence-electron chi connectivity index (χ2n) is 8.95. The number of nitrogens with zero attached hydrogens (tertiary/aromatic N) is 4. The minimum atomic E-state index is -0.618. The van der Waals surface area contributed by atoms with Gasteiger partial charge in [0.25, 0.3) is 0 Å². The summed E-state index contributed by atoms with van der Waals surface area (Å²) in [5, 5.41) is 3.23. The minimum absolute atomic E-state index is 0.0618. The molecule has 1 aromatic carbocycles. The van der Waals surface area contributed by atoms with Gasteiger partial charge < -0.3 is 19.8 Å². The molecule has 0 radical (unpaired) electrons. The molecule has 0 aliphatic carbocycles. The number of H-pyrrole nitrogens is 1. The second-order valence-corrected chi connectivity index (χ2v) is 8.95. The monoisotopic (exact) mass is 460 g/mol. The average Bonchev–Trinajstić information content (AvgIpc) is 3.29. The standard InChI is InChI=1S/C25H25FN6O2/c1-25(2)14-33-23(34-15-25)22-31-20(17-3-5-18(26)6-4-17)21(32-22)19-9-12-28-24(30-19)29-13-16-7-10-27-11-8-16/h3-12,23H,13-15H2,1-2H3,(H,31,32)(H,28,29,30). The van der Waals surface area contributed by atoms with Gasteiger partial charge in [-0.3, -0.25) is 4.98 Å². The Balaban J connectivity index is 1.47. The molecule has 0 spiro atoms. The number of hydrogen-bond donors (Lipinski definition) is 2. The highest BCUT2D eigenvalue weighted by Gasteiger charge is 2.32. The van der Waals surface area contributed by atoms with Gasteiger partial charge in [-0.15, -0.1) is 0 Å². The van der Waals surface area contributed by atoms with E-state index in [4.69, 9.17) is 14.5 Å². The fourth-order valence-electron chi connectivity index (χ4n) is 3.62. The van der Waals surface area contributed by atoms with Gasteiger partial charge in [0.1, 0.15) is 5.82 Å². The largest absolute Gasteiger partial charge is 0.350 e. The third-order valence-corrected chi connectivity index (χ3v) is 5.43. The molecule has 5 rings (SSSR count). The smallest absolute Gasteiger partial charge is 0.223 e. The van der Waals surface area contributed by atoms with Crippen molar-refractivity contribution in [2.24, 2.45) is 5.41 Å². The van der Waals surface area contributed by atoms with Crippen LogP contribution in [0.1, 0.15) is 31.5 Å². The normalized spacial score (nSPS) is 15.9. The number of rotatable bonds is 6. The maximum Gasteiger partial charge on any atom is 0.223 e. The summed E-state index contributed by atoms with van der Waals surface area (Å²) >= 11 is 0. The topological polar surface area (TPSA) is 97.8 Å². The number of aromatic nitrogens is 5. The quantitative estimate of drug-likeness (QED) is 0.428. The van der Waals surface area contributed by atoms with Crippen LogP contribution in [0.25, 0.3) is 22.6 Å². The molecule has 1 saturated heterocycles. The molecule has 1 aliphatic heterocycles. The van der Waals surface area contributed by atoms with Gasteiger partial charge in [-0.05, 0) is 48.0 Å².